The lowest BCUT2D eigenvalue weighted by Crippen LogP contribution is -2.02. The summed E-state index contributed by atoms with van der Waals surface area (Å²) in [6.45, 7) is 4.07. The van der Waals surface area contributed by atoms with Crippen LogP contribution in [-0.4, -0.2) is 15.2 Å². The summed E-state index contributed by atoms with van der Waals surface area (Å²) in [6.07, 6.45) is 0.987. The van der Waals surface area contributed by atoms with Crippen molar-refractivity contribution in [3.63, 3.8) is 0 Å². The predicted octanol–water partition coefficient (Wildman–Crippen LogP) is 0.612. The molecule has 0 saturated heterocycles. The zero-order chi connectivity index (χ0) is 7.56. The second kappa shape index (κ2) is 2.68. The molecule has 2 N–H and O–H groups in total. The average molecular weight is 141 g/mol. The van der Waals surface area contributed by atoms with Gasteiger partial charge in [-0.1, -0.05) is 13.8 Å². The van der Waals surface area contributed by atoms with Crippen molar-refractivity contribution in [2.45, 2.75) is 26.2 Å². The van der Waals surface area contributed by atoms with Crippen molar-refractivity contribution in [3.05, 3.63) is 16.3 Å². The molecule has 0 fully saturated rings. The monoisotopic (exact) mass is 141 g/mol. The molecule has 0 aliphatic carbocycles. The minimum Gasteiger partial charge on any atom is -0.293 e. The Kier molecular flexibility index (Phi) is 1.89. The third-order valence-electron chi connectivity index (χ3n) is 1.60. The molecule has 0 bridgehead atoms. The predicted molar refractivity (Wildman–Crippen MR) is 37.9 cm³/mol. The lowest BCUT2D eigenvalue weighted by molar-refractivity contribution is 0.682. The van der Waals surface area contributed by atoms with Gasteiger partial charge in [0.05, 0.1) is 0 Å². The summed E-state index contributed by atoms with van der Waals surface area (Å²) >= 11 is 0. The maximum absolute atomic E-state index is 10.5. The number of aromatic amines is 2. The van der Waals surface area contributed by atoms with Crippen molar-refractivity contribution in [2.24, 2.45) is 0 Å². The first kappa shape index (κ1) is 7.05. The fraction of sp³-hybridized carbons (Fsp3) is 0.667. The highest BCUT2D eigenvalue weighted by atomic mass is 16.1. The van der Waals surface area contributed by atoms with Crippen LogP contribution >= 0.6 is 0 Å². The minimum absolute atomic E-state index is 0.227. The van der Waals surface area contributed by atoms with Crippen LogP contribution in [0.15, 0.2) is 4.79 Å². The van der Waals surface area contributed by atoms with Gasteiger partial charge in [0.15, 0.2) is 0 Å². The van der Waals surface area contributed by atoms with Crippen LogP contribution in [0.5, 0.6) is 0 Å². The molecular weight excluding hydrogens is 130 g/mol. The second-order valence-corrected chi connectivity index (χ2v) is 2.37. The molecule has 1 unspecified atom stereocenters. The van der Waals surface area contributed by atoms with E-state index in [1.165, 1.54) is 0 Å². The number of H-pyrrole nitrogens is 2. The van der Waals surface area contributed by atoms with Crippen molar-refractivity contribution < 1.29 is 0 Å². The molecular formula is C6H11N3O. The topological polar surface area (TPSA) is 61.5 Å². The molecule has 0 spiro atoms. The van der Waals surface area contributed by atoms with E-state index in [1.807, 2.05) is 6.92 Å². The van der Waals surface area contributed by atoms with E-state index in [9.17, 15) is 4.79 Å². The Labute approximate surface area is 58.7 Å². The van der Waals surface area contributed by atoms with Gasteiger partial charge in [-0.3, -0.25) is 4.98 Å². The Morgan fingerprint density at radius 1 is 1.70 bits per heavy atom. The van der Waals surface area contributed by atoms with Gasteiger partial charge in [-0.05, 0) is 6.42 Å². The van der Waals surface area contributed by atoms with Gasteiger partial charge >= 0.3 is 5.69 Å². The molecule has 1 aromatic rings. The largest absolute Gasteiger partial charge is 0.340 e. The quantitative estimate of drug-likeness (QED) is 0.634. The molecule has 0 radical (unpaired) electrons. The van der Waals surface area contributed by atoms with Gasteiger partial charge in [0.25, 0.3) is 0 Å². The van der Waals surface area contributed by atoms with Crippen LogP contribution in [0.4, 0.5) is 0 Å². The first-order valence-electron chi connectivity index (χ1n) is 3.38. The number of nitrogens with one attached hydrogen (secondary N) is 2. The molecule has 1 atom stereocenters. The van der Waals surface area contributed by atoms with Crippen LogP contribution in [0.3, 0.4) is 0 Å². The summed E-state index contributed by atoms with van der Waals surface area (Å²) in [7, 11) is 0. The van der Waals surface area contributed by atoms with Gasteiger partial charge < -0.3 is 0 Å². The molecule has 1 aromatic heterocycles. The first-order valence-corrected chi connectivity index (χ1v) is 3.38. The third kappa shape index (κ3) is 1.26. The highest BCUT2D eigenvalue weighted by Gasteiger charge is 2.05. The highest BCUT2D eigenvalue weighted by Crippen LogP contribution is 2.10. The fourth-order valence-electron chi connectivity index (χ4n) is 0.710. The second-order valence-electron chi connectivity index (χ2n) is 2.37. The number of hydrogen-bond donors (Lipinski definition) is 2. The lowest BCUT2D eigenvalue weighted by atomic mass is 10.1. The number of rotatable bonds is 2. The third-order valence-corrected chi connectivity index (χ3v) is 1.60. The molecule has 56 valence electrons. The van der Waals surface area contributed by atoms with Crippen LogP contribution in [0.1, 0.15) is 32.0 Å². The van der Waals surface area contributed by atoms with Gasteiger partial charge in [-0.15, -0.1) is 0 Å². The molecule has 0 amide bonds. The van der Waals surface area contributed by atoms with E-state index >= 15 is 0 Å². The Morgan fingerprint density at radius 2 is 2.40 bits per heavy atom. The van der Waals surface area contributed by atoms with Crippen LogP contribution in [0, 0.1) is 0 Å². The van der Waals surface area contributed by atoms with E-state index in [1.54, 1.807) is 0 Å². The summed E-state index contributed by atoms with van der Waals surface area (Å²) in [5.74, 6) is 1.08. The van der Waals surface area contributed by atoms with Gasteiger partial charge in [0.1, 0.15) is 5.82 Å². The zero-order valence-corrected chi connectivity index (χ0v) is 6.14. The maximum Gasteiger partial charge on any atom is 0.340 e. The summed E-state index contributed by atoms with van der Waals surface area (Å²) in [5.41, 5.74) is -0.227. The van der Waals surface area contributed by atoms with Crippen LogP contribution in [-0.2, 0) is 0 Å². The summed E-state index contributed by atoms with van der Waals surface area (Å²) in [5, 5.41) is 6.12. The molecule has 0 aliphatic rings. The Morgan fingerprint density at radius 3 is 2.80 bits per heavy atom. The molecule has 0 saturated carbocycles. The van der Waals surface area contributed by atoms with Gasteiger partial charge in [0, 0.05) is 5.92 Å². The van der Waals surface area contributed by atoms with Crippen LogP contribution in [0.25, 0.3) is 0 Å². The number of nitrogens with zero attached hydrogens (tertiary/aromatic N) is 1. The van der Waals surface area contributed by atoms with Crippen molar-refractivity contribution in [1.29, 1.82) is 0 Å². The molecule has 4 heteroatoms. The smallest absolute Gasteiger partial charge is 0.293 e. The minimum atomic E-state index is -0.227. The molecule has 4 nitrogen and oxygen atoms in total. The molecule has 10 heavy (non-hydrogen) atoms. The van der Waals surface area contributed by atoms with E-state index in [4.69, 9.17) is 0 Å². The highest BCUT2D eigenvalue weighted by molar-refractivity contribution is 4.89. The van der Waals surface area contributed by atoms with Gasteiger partial charge in [-0.2, -0.15) is 5.10 Å². The SMILES string of the molecule is CCC(C)c1n[nH]c(=O)[nH]1. The summed E-state index contributed by atoms with van der Waals surface area (Å²) < 4.78 is 0. The van der Waals surface area contributed by atoms with Crippen molar-refractivity contribution in [1.82, 2.24) is 15.2 Å². The summed E-state index contributed by atoms with van der Waals surface area (Å²) in [4.78, 5) is 13.1. The molecule has 1 rings (SSSR count). The number of hydrogen-bond acceptors (Lipinski definition) is 2. The fourth-order valence-corrected chi connectivity index (χ4v) is 0.710. The maximum atomic E-state index is 10.5. The van der Waals surface area contributed by atoms with Gasteiger partial charge in [-0.25, -0.2) is 9.89 Å². The van der Waals surface area contributed by atoms with Crippen molar-refractivity contribution in [3.8, 4) is 0 Å². The normalized spacial score (nSPS) is 13.4. The van der Waals surface area contributed by atoms with Crippen LogP contribution in [0.2, 0.25) is 0 Å². The Balaban J connectivity index is 2.84. The Hall–Kier alpha value is -1.06. The zero-order valence-electron chi connectivity index (χ0n) is 6.14. The van der Waals surface area contributed by atoms with Gasteiger partial charge in [0.2, 0.25) is 0 Å². The Bertz CT molecular complexity index is 249. The first-order chi connectivity index (χ1) is 4.74. The van der Waals surface area contributed by atoms with E-state index in [-0.39, 0.29) is 5.69 Å². The van der Waals surface area contributed by atoms with Crippen LogP contribution < -0.4 is 5.69 Å². The molecule has 0 aromatic carbocycles. The number of aromatic nitrogens is 3. The van der Waals surface area contributed by atoms with E-state index < -0.39 is 0 Å². The van der Waals surface area contributed by atoms with Crippen molar-refractivity contribution in [2.75, 3.05) is 0 Å². The van der Waals surface area contributed by atoms with E-state index in [0.29, 0.717) is 5.92 Å². The molecule has 1 heterocycles. The lowest BCUT2D eigenvalue weighted by Gasteiger charge is -1.99. The van der Waals surface area contributed by atoms with Crippen molar-refractivity contribution >= 4 is 0 Å². The van der Waals surface area contributed by atoms with E-state index in [0.717, 1.165) is 12.2 Å². The molecule has 0 aliphatic heterocycles. The van der Waals surface area contributed by atoms with E-state index in [2.05, 4.69) is 22.1 Å². The summed E-state index contributed by atoms with van der Waals surface area (Å²) in [6, 6.07) is 0. The average Bonchev–Trinajstić information content (AvgIpc) is 2.34. The standard InChI is InChI=1S/C6H11N3O/c1-3-4(2)5-7-6(10)9-8-5/h4H,3H2,1-2H3,(H2,7,8,9,10).